The fourth-order valence-corrected chi connectivity index (χ4v) is 5.15. The number of pyridine rings is 1. The number of benzene rings is 1. The molecular formula is C24H26N4O2. The van der Waals surface area contributed by atoms with Gasteiger partial charge in [-0.2, -0.15) is 0 Å². The van der Waals surface area contributed by atoms with Crippen molar-refractivity contribution in [3.8, 4) is 11.8 Å². The molecule has 1 aliphatic carbocycles. The Hall–Kier alpha value is -2.83. The molecule has 3 heterocycles. The highest BCUT2D eigenvalue weighted by Gasteiger charge is 2.51. The SMILES string of the molecule is OC1(c2cccnc2)[C@@H]2CCC[C@H]1CN(Cc1cccc(Oc3ncccn3)c1)C2. The van der Waals surface area contributed by atoms with E-state index < -0.39 is 5.60 Å². The largest absolute Gasteiger partial charge is 0.424 e. The average molecular weight is 402 g/mol. The molecule has 6 heteroatoms. The molecule has 2 aromatic heterocycles. The van der Waals surface area contributed by atoms with Gasteiger partial charge in [-0.15, -0.1) is 0 Å². The smallest absolute Gasteiger partial charge is 0.321 e. The van der Waals surface area contributed by atoms with Crippen molar-refractivity contribution in [3.05, 3.63) is 78.4 Å². The van der Waals surface area contributed by atoms with Crippen LogP contribution in [0.4, 0.5) is 0 Å². The Morgan fingerprint density at radius 2 is 1.80 bits per heavy atom. The molecule has 154 valence electrons. The summed E-state index contributed by atoms with van der Waals surface area (Å²) in [4.78, 5) is 15.0. The molecule has 0 spiro atoms. The van der Waals surface area contributed by atoms with Gasteiger partial charge < -0.3 is 9.84 Å². The normalized spacial score (nSPS) is 26.3. The van der Waals surface area contributed by atoms with Gasteiger partial charge in [-0.05, 0) is 42.7 Å². The van der Waals surface area contributed by atoms with Gasteiger partial charge in [-0.25, -0.2) is 9.97 Å². The average Bonchev–Trinajstić information content (AvgIpc) is 2.76. The third-order valence-electron chi connectivity index (χ3n) is 6.49. The van der Waals surface area contributed by atoms with E-state index in [9.17, 15) is 5.11 Å². The molecule has 2 bridgehead atoms. The van der Waals surface area contributed by atoms with Crippen LogP contribution in [0.3, 0.4) is 0 Å². The summed E-state index contributed by atoms with van der Waals surface area (Å²) in [5, 5.41) is 11.7. The predicted octanol–water partition coefficient (Wildman–Crippen LogP) is 3.78. The summed E-state index contributed by atoms with van der Waals surface area (Å²) < 4.78 is 5.79. The van der Waals surface area contributed by atoms with E-state index in [1.165, 1.54) is 12.0 Å². The van der Waals surface area contributed by atoms with E-state index in [1.807, 2.05) is 36.5 Å². The molecule has 30 heavy (non-hydrogen) atoms. The molecule has 5 rings (SSSR count). The molecule has 0 radical (unpaired) electrons. The van der Waals surface area contributed by atoms with Crippen LogP contribution in [0.1, 0.15) is 30.4 Å². The molecular weight excluding hydrogens is 376 g/mol. The topological polar surface area (TPSA) is 71.4 Å². The Bertz CT molecular complexity index is 969. The molecule has 1 saturated carbocycles. The number of rotatable bonds is 5. The number of piperidine rings is 1. The summed E-state index contributed by atoms with van der Waals surface area (Å²) in [7, 11) is 0. The third-order valence-corrected chi connectivity index (χ3v) is 6.49. The Labute approximate surface area is 176 Å². The zero-order chi connectivity index (χ0) is 20.4. The summed E-state index contributed by atoms with van der Waals surface area (Å²) in [6.07, 6.45) is 10.2. The third kappa shape index (κ3) is 3.68. The van der Waals surface area contributed by atoms with Crippen LogP contribution < -0.4 is 4.74 Å². The summed E-state index contributed by atoms with van der Waals surface area (Å²) in [5.74, 6) is 1.19. The summed E-state index contributed by atoms with van der Waals surface area (Å²) in [5.41, 5.74) is 1.39. The fraction of sp³-hybridized carbons (Fsp3) is 0.375. The molecule has 1 saturated heterocycles. The minimum atomic E-state index is -0.765. The number of hydrogen-bond donors (Lipinski definition) is 1. The van der Waals surface area contributed by atoms with E-state index in [0.717, 1.165) is 43.8 Å². The van der Waals surface area contributed by atoms with Gasteiger partial charge in [0.15, 0.2) is 0 Å². The van der Waals surface area contributed by atoms with Crippen molar-refractivity contribution in [2.75, 3.05) is 13.1 Å². The van der Waals surface area contributed by atoms with Crippen LogP contribution in [0.15, 0.2) is 67.3 Å². The second kappa shape index (κ2) is 8.13. The quantitative estimate of drug-likeness (QED) is 0.700. The fourth-order valence-electron chi connectivity index (χ4n) is 5.15. The van der Waals surface area contributed by atoms with Gasteiger partial charge in [-0.1, -0.05) is 24.6 Å². The van der Waals surface area contributed by atoms with Crippen molar-refractivity contribution in [3.63, 3.8) is 0 Å². The first-order chi connectivity index (χ1) is 14.7. The first kappa shape index (κ1) is 19.2. The van der Waals surface area contributed by atoms with Crippen molar-refractivity contribution in [1.82, 2.24) is 19.9 Å². The molecule has 1 aromatic carbocycles. The predicted molar refractivity (Wildman–Crippen MR) is 113 cm³/mol. The Morgan fingerprint density at radius 1 is 1.00 bits per heavy atom. The van der Waals surface area contributed by atoms with Crippen LogP contribution in [0.25, 0.3) is 0 Å². The van der Waals surface area contributed by atoms with Crippen LogP contribution in [-0.4, -0.2) is 38.0 Å². The number of likely N-dealkylation sites (tertiary alicyclic amines) is 1. The minimum Gasteiger partial charge on any atom is -0.424 e. The number of aromatic nitrogens is 3. The van der Waals surface area contributed by atoms with Crippen LogP contribution in [0.5, 0.6) is 11.8 Å². The lowest BCUT2D eigenvalue weighted by atomic mass is 9.63. The summed E-state index contributed by atoms with van der Waals surface area (Å²) >= 11 is 0. The Kier molecular flexibility index (Phi) is 5.19. The van der Waals surface area contributed by atoms with Crippen molar-refractivity contribution in [2.24, 2.45) is 11.8 Å². The molecule has 1 N–H and O–H groups in total. The van der Waals surface area contributed by atoms with Crippen molar-refractivity contribution in [2.45, 2.75) is 31.4 Å². The maximum Gasteiger partial charge on any atom is 0.321 e. The lowest BCUT2D eigenvalue weighted by Crippen LogP contribution is -2.57. The highest BCUT2D eigenvalue weighted by atomic mass is 16.5. The van der Waals surface area contributed by atoms with Crippen LogP contribution in [-0.2, 0) is 12.1 Å². The highest BCUT2D eigenvalue weighted by molar-refractivity contribution is 5.31. The van der Waals surface area contributed by atoms with E-state index in [-0.39, 0.29) is 11.8 Å². The molecule has 1 unspecified atom stereocenters. The Balaban J connectivity index is 1.31. The lowest BCUT2D eigenvalue weighted by Gasteiger charge is -2.53. The zero-order valence-electron chi connectivity index (χ0n) is 16.9. The molecule has 3 aromatic rings. The van der Waals surface area contributed by atoms with Crippen LogP contribution >= 0.6 is 0 Å². The molecule has 2 fully saturated rings. The zero-order valence-corrected chi connectivity index (χ0v) is 16.9. The van der Waals surface area contributed by atoms with E-state index in [2.05, 4.69) is 25.9 Å². The molecule has 6 nitrogen and oxygen atoms in total. The van der Waals surface area contributed by atoms with E-state index in [1.54, 1.807) is 24.7 Å². The second-order valence-corrected chi connectivity index (χ2v) is 8.37. The van der Waals surface area contributed by atoms with E-state index in [0.29, 0.717) is 6.01 Å². The summed E-state index contributed by atoms with van der Waals surface area (Å²) in [6, 6.07) is 14.2. The van der Waals surface area contributed by atoms with Gasteiger partial charge in [0.2, 0.25) is 0 Å². The molecule has 3 atom stereocenters. The number of hydrogen-bond acceptors (Lipinski definition) is 6. The monoisotopic (exact) mass is 402 g/mol. The van der Waals surface area contributed by atoms with Gasteiger partial charge in [0, 0.05) is 61.8 Å². The van der Waals surface area contributed by atoms with Gasteiger partial charge >= 0.3 is 6.01 Å². The summed E-state index contributed by atoms with van der Waals surface area (Å²) in [6.45, 7) is 2.60. The maximum absolute atomic E-state index is 11.7. The second-order valence-electron chi connectivity index (χ2n) is 8.37. The van der Waals surface area contributed by atoms with Crippen LogP contribution in [0.2, 0.25) is 0 Å². The first-order valence-corrected chi connectivity index (χ1v) is 10.6. The van der Waals surface area contributed by atoms with Gasteiger partial charge in [0.05, 0.1) is 5.60 Å². The van der Waals surface area contributed by atoms with Crippen molar-refractivity contribution >= 4 is 0 Å². The van der Waals surface area contributed by atoms with Gasteiger partial charge in [0.25, 0.3) is 0 Å². The number of ether oxygens (including phenoxy) is 1. The lowest BCUT2D eigenvalue weighted by molar-refractivity contribution is -0.148. The number of nitrogens with zero attached hydrogens (tertiary/aromatic N) is 4. The van der Waals surface area contributed by atoms with E-state index in [4.69, 9.17) is 4.74 Å². The number of fused-ring (bicyclic) bond motifs is 2. The Morgan fingerprint density at radius 3 is 2.53 bits per heavy atom. The molecule has 2 aliphatic rings. The number of aliphatic hydroxyl groups is 1. The molecule has 0 amide bonds. The minimum absolute atomic E-state index is 0.228. The first-order valence-electron chi connectivity index (χ1n) is 10.6. The van der Waals surface area contributed by atoms with Gasteiger partial charge in [0.1, 0.15) is 5.75 Å². The van der Waals surface area contributed by atoms with E-state index >= 15 is 0 Å². The van der Waals surface area contributed by atoms with Gasteiger partial charge in [-0.3, -0.25) is 9.88 Å². The van der Waals surface area contributed by atoms with Crippen LogP contribution in [0, 0.1) is 11.8 Å². The molecule has 1 aliphatic heterocycles. The maximum atomic E-state index is 11.7. The standard InChI is InChI=1S/C24H26N4O2/c29-24(19-8-3-10-25-14-19)20-6-2-7-21(24)17-28(16-20)15-18-5-1-9-22(13-18)30-23-26-11-4-12-27-23/h1,3-5,8-14,20-21,29H,2,6-7,15-17H2/t20-,21+,24?. The van der Waals surface area contributed by atoms with Crippen molar-refractivity contribution in [1.29, 1.82) is 0 Å². The highest BCUT2D eigenvalue weighted by Crippen LogP contribution is 2.49. The van der Waals surface area contributed by atoms with Crippen molar-refractivity contribution < 1.29 is 9.84 Å².